The Morgan fingerprint density at radius 3 is 2.40 bits per heavy atom. The minimum absolute atomic E-state index is 0.0216. The second-order valence-electron chi connectivity index (χ2n) is 5.80. The Kier molecular flexibility index (Phi) is 6.95. The fourth-order valence-corrected chi connectivity index (χ4v) is 2.25. The van der Waals surface area contributed by atoms with Crippen LogP contribution in [0.25, 0.3) is 0 Å². The molecule has 0 spiro atoms. The Bertz CT molecular complexity index is 661. The van der Waals surface area contributed by atoms with E-state index in [1.165, 1.54) is 13.0 Å². The molecule has 0 bridgehead atoms. The standard InChI is InChI=1S/C15H22N4O6/c1-3-4-5-8-15(16,17)14(20)25-10(2)12-7-6-11(18(21)22)9-13(12)19(23)24/h6-7,9-10H,3-5,8,16-17H2,1-2H3. The first-order valence-corrected chi connectivity index (χ1v) is 7.81. The molecule has 138 valence electrons. The predicted molar refractivity (Wildman–Crippen MR) is 89.5 cm³/mol. The maximum atomic E-state index is 12.1. The first-order chi connectivity index (χ1) is 11.6. The van der Waals surface area contributed by atoms with Gasteiger partial charge >= 0.3 is 5.97 Å². The van der Waals surface area contributed by atoms with Crippen LogP contribution in [0.15, 0.2) is 18.2 Å². The van der Waals surface area contributed by atoms with Crippen molar-refractivity contribution < 1.29 is 19.4 Å². The summed E-state index contributed by atoms with van der Waals surface area (Å²) in [5.74, 6) is -0.885. The quantitative estimate of drug-likeness (QED) is 0.224. The van der Waals surface area contributed by atoms with Gasteiger partial charge in [0.25, 0.3) is 11.4 Å². The number of ether oxygens (including phenoxy) is 1. The largest absolute Gasteiger partial charge is 0.455 e. The normalized spacial score (nSPS) is 12.5. The molecule has 0 saturated heterocycles. The number of benzene rings is 1. The molecule has 0 amide bonds. The van der Waals surface area contributed by atoms with Crippen LogP contribution in [0.5, 0.6) is 0 Å². The highest BCUT2D eigenvalue weighted by atomic mass is 16.6. The summed E-state index contributed by atoms with van der Waals surface area (Å²) < 4.78 is 5.16. The van der Waals surface area contributed by atoms with E-state index in [0.717, 1.165) is 25.0 Å². The van der Waals surface area contributed by atoms with Gasteiger partial charge in [0, 0.05) is 6.07 Å². The van der Waals surface area contributed by atoms with E-state index in [0.29, 0.717) is 6.42 Å². The zero-order valence-electron chi connectivity index (χ0n) is 14.1. The molecule has 0 aliphatic heterocycles. The molecule has 1 unspecified atom stereocenters. The van der Waals surface area contributed by atoms with Gasteiger partial charge in [-0.25, -0.2) is 4.79 Å². The molecular weight excluding hydrogens is 332 g/mol. The summed E-state index contributed by atoms with van der Waals surface area (Å²) in [6.45, 7) is 3.40. The Hall–Kier alpha value is -2.59. The predicted octanol–water partition coefficient (Wildman–Crippen LogP) is 2.30. The molecule has 10 nitrogen and oxygen atoms in total. The molecule has 0 fully saturated rings. The third-order valence-corrected chi connectivity index (χ3v) is 3.72. The maximum absolute atomic E-state index is 12.1. The average Bonchev–Trinajstić information content (AvgIpc) is 2.54. The van der Waals surface area contributed by atoms with Crippen molar-refractivity contribution in [1.82, 2.24) is 0 Å². The van der Waals surface area contributed by atoms with E-state index in [4.69, 9.17) is 16.2 Å². The third-order valence-electron chi connectivity index (χ3n) is 3.72. The van der Waals surface area contributed by atoms with Gasteiger partial charge in [-0.15, -0.1) is 0 Å². The number of nitro benzene ring substituents is 2. The zero-order valence-corrected chi connectivity index (χ0v) is 14.1. The van der Waals surface area contributed by atoms with Gasteiger partial charge in [0.15, 0.2) is 5.66 Å². The van der Waals surface area contributed by atoms with E-state index < -0.39 is 39.0 Å². The SMILES string of the molecule is CCCCCC(N)(N)C(=O)OC(C)c1ccc([N+](=O)[O-])cc1[N+](=O)[O-]. The lowest BCUT2D eigenvalue weighted by molar-refractivity contribution is -0.394. The second-order valence-corrected chi connectivity index (χ2v) is 5.80. The van der Waals surface area contributed by atoms with E-state index in [2.05, 4.69) is 0 Å². The molecule has 0 aliphatic rings. The number of nitrogens with zero attached hydrogens (tertiary/aromatic N) is 2. The second kappa shape index (κ2) is 8.49. The fourth-order valence-electron chi connectivity index (χ4n) is 2.25. The monoisotopic (exact) mass is 354 g/mol. The number of carbonyl (C=O) groups excluding carboxylic acids is 1. The topological polar surface area (TPSA) is 165 Å². The van der Waals surface area contributed by atoms with Gasteiger partial charge in [-0.1, -0.05) is 19.8 Å². The number of rotatable bonds is 9. The summed E-state index contributed by atoms with van der Waals surface area (Å²) >= 11 is 0. The van der Waals surface area contributed by atoms with Gasteiger partial charge in [0.2, 0.25) is 0 Å². The first-order valence-electron chi connectivity index (χ1n) is 7.81. The summed E-state index contributed by atoms with van der Waals surface area (Å²) in [4.78, 5) is 32.5. The number of nitrogens with two attached hydrogens (primary N) is 2. The Labute approximate surface area is 144 Å². The lowest BCUT2D eigenvalue weighted by Gasteiger charge is -2.24. The van der Waals surface area contributed by atoms with Crippen molar-refractivity contribution in [2.45, 2.75) is 51.3 Å². The van der Waals surface area contributed by atoms with Crippen LogP contribution in [0.3, 0.4) is 0 Å². The number of unbranched alkanes of at least 4 members (excludes halogenated alkanes) is 2. The molecule has 4 N–H and O–H groups in total. The minimum atomic E-state index is -1.70. The summed E-state index contributed by atoms with van der Waals surface area (Å²) in [7, 11) is 0. The molecule has 0 heterocycles. The molecule has 1 rings (SSSR count). The number of hydrogen-bond donors (Lipinski definition) is 2. The summed E-state index contributed by atoms with van der Waals surface area (Å²) in [6, 6.07) is 3.10. The van der Waals surface area contributed by atoms with Gasteiger partial charge in [-0.05, 0) is 25.8 Å². The van der Waals surface area contributed by atoms with Crippen molar-refractivity contribution in [3.05, 3.63) is 44.0 Å². The molecule has 1 atom stereocenters. The number of nitro groups is 2. The van der Waals surface area contributed by atoms with Crippen molar-refractivity contribution in [3.63, 3.8) is 0 Å². The van der Waals surface area contributed by atoms with Gasteiger partial charge < -0.3 is 16.2 Å². The summed E-state index contributed by atoms with van der Waals surface area (Å²) in [6.07, 6.45) is 1.61. The molecule has 0 aliphatic carbocycles. The van der Waals surface area contributed by atoms with E-state index in [9.17, 15) is 25.0 Å². The Morgan fingerprint density at radius 1 is 1.24 bits per heavy atom. The van der Waals surface area contributed by atoms with Crippen molar-refractivity contribution >= 4 is 17.3 Å². The molecule has 1 aromatic carbocycles. The van der Waals surface area contributed by atoms with Gasteiger partial charge in [-0.2, -0.15) is 0 Å². The number of non-ortho nitro benzene ring substituents is 1. The van der Waals surface area contributed by atoms with E-state index in [-0.39, 0.29) is 12.0 Å². The van der Waals surface area contributed by atoms with Crippen LogP contribution < -0.4 is 11.5 Å². The molecule has 25 heavy (non-hydrogen) atoms. The van der Waals surface area contributed by atoms with Gasteiger partial charge in [-0.3, -0.25) is 20.2 Å². The van der Waals surface area contributed by atoms with Crippen molar-refractivity contribution in [3.8, 4) is 0 Å². The summed E-state index contributed by atoms with van der Waals surface area (Å²) in [5.41, 5.74) is 8.92. The number of hydrogen-bond acceptors (Lipinski definition) is 8. The van der Waals surface area contributed by atoms with Crippen LogP contribution in [0.4, 0.5) is 11.4 Å². The fraction of sp³-hybridized carbons (Fsp3) is 0.533. The van der Waals surface area contributed by atoms with Crippen LogP contribution in [-0.4, -0.2) is 21.5 Å². The molecule has 1 aromatic rings. The molecule has 10 heteroatoms. The lowest BCUT2D eigenvalue weighted by atomic mass is 10.0. The summed E-state index contributed by atoms with van der Waals surface area (Å²) in [5, 5.41) is 21.9. The highest BCUT2D eigenvalue weighted by molar-refractivity contribution is 5.80. The molecule has 0 aromatic heterocycles. The zero-order chi connectivity index (χ0) is 19.2. The van der Waals surface area contributed by atoms with Crippen LogP contribution >= 0.6 is 0 Å². The number of carbonyl (C=O) groups is 1. The van der Waals surface area contributed by atoms with Crippen LogP contribution in [0.1, 0.15) is 51.2 Å². The Morgan fingerprint density at radius 2 is 1.88 bits per heavy atom. The van der Waals surface area contributed by atoms with E-state index in [1.54, 1.807) is 0 Å². The van der Waals surface area contributed by atoms with Crippen LogP contribution in [-0.2, 0) is 9.53 Å². The van der Waals surface area contributed by atoms with Crippen molar-refractivity contribution in [1.29, 1.82) is 0 Å². The third kappa shape index (κ3) is 5.47. The molecule has 0 radical (unpaired) electrons. The lowest BCUT2D eigenvalue weighted by Crippen LogP contribution is -2.57. The van der Waals surface area contributed by atoms with Crippen LogP contribution in [0, 0.1) is 20.2 Å². The average molecular weight is 354 g/mol. The highest BCUT2D eigenvalue weighted by Crippen LogP contribution is 2.31. The molecular formula is C15H22N4O6. The maximum Gasteiger partial charge on any atom is 0.341 e. The van der Waals surface area contributed by atoms with Crippen molar-refractivity contribution in [2.75, 3.05) is 0 Å². The van der Waals surface area contributed by atoms with Gasteiger partial charge in [0.1, 0.15) is 6.10 Å². The van der Waals surface area contributed by atoms with Crippen LogP contribution in [0.2, 0.25) is 0 Å². The molecule has 0 saturated carbocycles. The van der Waals surface area contributed by atoms with E-state index in [1.807, 2.05) is 6.92 Å². The van der Waals surface area contributed by atoms with Crippen molar-refractivity contribution in [2.24, 2.45) is 11.5 Å². The minimum Gasteiger partial charge on any atom is -0.455 e. The smallest absolute Gasteiger partial charge is 0.341 e. The highest BCUT2D eigenvalue weighted by Gasteiger charge is 2.33. The first kappa shape index (κ1) is 20.5. The van der Waals surface area contributed by atoms with E-state index >= 15 is 0 Å². The Balaban J connectivity index is 2.96. The number of esters is 1. The van der Waals surface area contributed by atoms with Gasteiger partial charge in [0.05, 0.1) is 21.5 Å².